The van der Waals surface area contributed by atoms with Crippen molar-refractivity contribution in [2.24, 2.45) is 5.92 Å². The van der Waals surface area contributed by atoms with Gasteiger partial charge in [-0.1, -0.05) is 52.3 Å². The fraction of sp³-hybridized carbons (Fsp3) is 0.714. The van der Waals surface area contributed by atoms with Gasteiger partial charge in [-0.15, -0.1) is 6.58 Å². The van der Waals surface area contributed by atoms with Gasteiger partial charge in [0, 0.05) is 0 Å². The summed E-state index contributed by atoms with van der Waals surface area (Å²) in [5, 5.41) is 0. The Morgan fingerprint density at radius 1 is 1.00 bits per heavy atom. The van der Waals surface area contributed by atoms with Crippen LogP contribution in [0.1, 0.15) is 59.8 Å². The van der Waals surface area contributed by atoms with Gasteiger partial charge in [-0.3, -0.25) is 0 Å². The van der Waals surface area contributed by atoms with Crippen molar-refractivity contribution in [2.45, 2.75) is 59.8 Å². The summed E-state index contributed by atoms with van der Waals surface area (Å²) in [4.78, 5) is 0. The van der Waals surface area contributed by atoms with E-state index in [1.807, 2.05) is 0 Å². The summed E-state index contributed by atoms with van der Waals surface area (Å²) in [6, 6.07) is 0. The topological polar surface area (TPSA) is 0 Å². The molecule has 0 spiro atoms. The summed E-state index contributed by atoms with van der Waals surface area (Å²) in [6.45, 7) is 12.5. The molecule has 0 aliphatic heterocycles. The van der Waals surface area contributed by atoms with E-state index < -0.39 is 0 Å². The maximum atomic E-state index is 3.75. The normalized spacial score (nSPS) is 12.0. The van der Waals surface area contributed by atoms with Crippen molar-refractivity contribution >= 4 is 0 Å². The molecule has 0 saturated carbocycles. The van der Waals surface area contributed by atoms with E-state index in [2.05, 4.69) is 52.5 Å². The first-order valence-corrected chi connectivity index (χ1v) is 6.04. The van der Waals surface area contributed by atoms with Crippen LogP contribution in [0.3, 0.4) is 0 Å². The van der Waals surface area contributed by atoms with Crippen molar-refractivity contribution in [3.63, 3.8) is 0 Å². The van der Waals surface area contributed by atoms with Crippen LogP contribution in [0.25, 0.3) is 0 Å². The van der Waals surface area contributed by atoms with Crippen molar-refractivity contribution in [1.29, 1.82) is 0 Å². The smallest absolute Gasteiger partial charge is 0.0239 e. The minimum atomic E-state index is 0.764. The van der Waals surface area contributed by atoms with Crippen LogP contribution >= 0.6 is 0 Å². The largest absolute Gasteiger partial charge is 0.103 e. The highest BCUT2D eigenvalue weighted by Crippen LogP contribution is 2.10. The van der Waals surface area contributed by atoms with E-state index in [1.54, 1.807) is 0 Å². The van der Waals surface area contributed by atoms with E-state index in [0.717, 1.165) is 5.92 Å². The van der Waals surface area contributed by atoms with Crippen LogP contribution < -0.4 is 0 Å². The van der Waals surface area contributed by atoms with Gasteiger partial charge in [0.15, 0.2) is 0 Å². The molecule has 0 N–H and O–H groups in total. The van der Waals surface area contributed by atoms with Gasteiger partial charge < -0.3 is 0 Å². The van der Waals surface area contributed by atoms with Crippen molar-refractivity contribution in [2.75, 3.05) is 0 Å². The van der Waals surface area contributed by atoms with E-state index in [0.29, 0.717) is 0 Å². The zero-order chi connectivity index (χ0) is 11.2. The average Bonchev–Trinajstić information content (AvgIpc) is 2.24. The third-order valence-electron chi connectivity index (χ3n) is 2.16. The molecular weight excluding hydrogens is 168 g/mol. The Kier molecular flexibility index (Phi) is 17.0. The standard InChI is InChI=1S/C8H16.C6H12/c1-4-7-8(5-2)6-3;1-3-5-6-4-2/h5,8H,2,4,6-7H2,1,3H3;5-6H,3-4H2,1-2H3. The summed E-state index contributed by atoms with van der Waals surface area (Å²) in [5.74, 6) is 0.764. The molecular formula is C14H28. The molecule has 0 bridgehead atoms. The van der Waals surface area contributed by atoms with Crippen LogP contribution in [-0.2, 0) is 0 Å². The van der Waals surface area contributed by atoms with Crippen LogP contribution in [0, 0.1) is 5.92 Å². The second kappa shape index (κ2) is 15.0. The number of rotatable bonds is 6. The fourth-order valence-corrected chi connectivity index (χ4v) is 1.19. The summed E-state index contributed by atoms with van der Waals surface area (Å²) in [5.41, 5.74) is 0. The SMILES string of the molecule is C=CC(CC)CCC.CCC=CCC. The van der Waals surface area contributed by atoms with Gasteiger partial charge in [-0.25, -0.2) is 0 Å². The average molecular weight is 196 g/mol. The van der Waals surface area contributed by atoms with E-state index in [-0.39, 0.29) is 0 Å². The molecule has 0 radical (unpaired) electrons. The predicted octanol–water partition coefficient (Wildman–Crippen LogP) is 5.36. The van der Waals surface area contributed by atoms with Gasteiger partial charge in [0.05, 0.1) is 0 Å². The molecule has 0 aliphatic rings. The highest BCUT2D eigenvalue weighted by atomic mass is 14.0. The van der Waals surface area contributed by atoms with Crippen LogP contribution in [0.15, 0.2) is 24.8 Å². The number of hydrogen-bond acceptors (Lipinski definition) is 0. The predicted molar refractivity (Wildman–Crippen MR) is 68.6 cm³/mol. The summed E-state index contributed by atoms with van der Waals surface area (Å²) in [6.07, 6.45) is 12.6. The van der Waals surface area contributed by atoms with Gasteiger partial charge in [-0.2, -0.15) is 0 Å². The second-order valence-electron chi connectivity index (χ2n) is 3.48. The molecule has 0 rings (SSSR count). The van der Waals surface area contributed by atoms with E-state index in [1.165, 1.54) is 32.1 Å². The van der Waals surface area contributed by atoms with E-state index in [4.69, 9.17) is 0 Å². The lowest BCUT2D eigenvalue weighted by atomic mass is 10.0. The highest BCUT2D eigenvalue weighted by Gasteiger charge is 1.95. The van der Waals surface area contributed by atoms with E-state index >= 15 is 0 Å². The van der Waals surface area contributed by atoms with Crippen LogP contribution in [0.4, 0.5) is 0 Å². The maximum Gasteiger partial charge on any atom is -0.0239 e. The first-order valence-electron chi connectivity index (χ1n) is 6.04. The monoisotopic (exact) mass is 196 g/mol. The molecule has 0 amide bonds. The number of hydrogen-bond donors (Lipinski definition) is 0. The Bertz CT molecular complexity index is 116. The minimum Gasteiger partial charge on any atom is -0.103 e. The first kappa shape index (κ1) is 15.9. The van der Waals surface area contributed by atoms with Crippen molar-refractivity contribution < 1.29 is 0 Å². The Morgan fingerprint density at radius 3 is 1.64 bits per heavy atom. The Balaban J connectivity index is 0. The molecule has 1 atom stereocenters. The van der Waals surface area contributed by atoms with Gasteiger partial charge in [0.25, 0.3) is 0 Å². The van der Waals surface area contributed by atoms with Gasteiger partial charge in [-0.05, 0) is 31.6 Å². The molecule has 84 valence electrons. The molecule has 0 aromatic carbocycles. The zero-order valence-corrected chi connectivity index (χ0v) is 10.6. The van der Waals surface area contributed by atoms with Crippen LogP contribution in [-0.4, -0.2) is 0 Å². The number of allylic oxidation sites excluding steroid dienone is 3. The molecule has 0 aromatic rings. The fourth-order valence-electron chi connectivity index (χ4n) is 1.19. The molecule has 0 nitrogen and oxygen atoms in total. The molecule has 0 saturated heterocycles. The lowest BCUT2D eigenvalue weighted by Crippen LogP contribution is -1.90. The van der Waals surface area contributed by atoms with Crippen molar-refractivity contribution in [1.82, 2.24) is 0 Å². The molecule has 0 aromatic heterocycles. The summed E-state index contributed by atoms with van der Waals surface area (Å²) in [7, 11) is 0. The molecule has 0 heteroatoms. The third-order valence-corrected chi connectivity index (χ3v) is 2.16. The maximum absolute atomic E-state index is 3.75. The first-order chi connectivity index (χ1) is 6.76. The second-order valence-corrected chi connectivity index (χ2v) is 3.48. The lowest BCUT2D eigenvalue weighted by molar-refractivity contribution is 0.564. The Labute approximate surface area is 91.1 Å². The van der Waals surface area contributed by atoms with Gasteiger partial charge >= 0.3 is 0 Å². The Morgan fingerprint density at radius 2 is 1.50 bits per heavy atom. The summed E-state index contributed by atoms with van der Waals surface area (Å²) < 4.78 is 0. The third kappa shape index (κ3) is 14.0. The zero-order valence-electron chi connectivity index (χ0n) is 10.6. The van der Waals surface area contributed by atoms with Crippen molar-refractivity contribution in [3.8, 4) is 0 Å². The quantitative estimate of drug-likeness (QED) is 0.502. The van der Waals surface area contributed by atoms with Gasteiger partial charge in [0.2, 0.25) is 0 Å². The summed E-state index contributed by atoms with van der Waals surface area (Å²) >= 11 is 0. The van der Waals surface area contributed by atoms with Crippen LogP contribution in [0.5, 0.6) is 0 Å². The molecule has 14 heavy (non-hydrogen) atoms. The Hall–Kier alpha value is -0.520. The molecule has 0 aliphatic carbocycles. The minimum absolute atomic E-state index is 0.764. The highest BCUT2D eigenvalue weighted by molar-refractivity contribution is 4.77. The van der Waals surface area contributed by atoms with E-state index in [9.17, 15) is 0 Å². The lowest BCUT2D eigenvalue weighted by Gasteiger charge is -2.04. The molecule has 1 unspecified atom stereocenters. The molecule has 0 heterocycles. The van der Waals surface area contributed by atoms with Gasteiger partial charge in [0.1, 0.15) is 0 Å². The van der Waals surface area contributed by atoms with Crippen LogP contribution in [0.2, 0.25) is 0 Å². The van der Waals surface area contributed by atoms with Crippen molar-refractivity contribution in [3.05, 3.63) is 24.8 Å². The molecule has 0 fully saturated rings.